The second-order valence-corrected chi connectivity index (χ2v) is 6.61. The Kier molecular flexibility index (Phi) is 5.70. The molecule has 0 radical (unpaired) electrons. The molecular weight excluding hydrogens is 324 g/mol. The minimum absolute atomic E-state index is 0.414. The first kappa shape index (κ1) is 15.3. The molecule has 1 aliphatic rings. The monoisotopic (exact) mass is 344 g/mol. The van der Waals surface area contributed by atoms with Crippen molar-refractivity contribution >= 4 is 27.5 Å². The van der Waals surface area contributed by atoms with E-state index in [9.17, 15) is 0 Å². The van der Waals surface area contributed by atoms with Crippen molar-refractivity contribution < 1.29 is 0 Å². The molecule has 0 bridgehead atoms. The molecule has 1 aromatic carbocycles. The summed E-state index contributed by atoms with van der Waals surface area (Å²) in [6.07, 6.45) is 1.16. The lowest BCUT2D eigenvalue weighted by Crippen LogP contribution is -2.46. The van der Waals surface area contributed by atoms with E-state index in [2.05, 4.69) is 46.1 Å². The fourth-order valence-corrected chi connectivity index (χ4v) is 3.40. The van der Waals surface area contributed by atoms with E-state index in [1.165, 1.54) is 5.56 Å². The molecule has 1 saturated heterocycles. The predicted octanol–water partition coefficient (Wildman–Crippen LogP) is 4.09. The molecule has 0 saturated carbocycles. The van der Waals surface area contributed by atoms with Gasteiger partial charge >= 0.3 is 0 Å². The zero-order valence-electron chi connectivity index (χ0n) is 11.6. The highest BCUT2D eigenvalue weighted by Gasteiger charge is 2.28. The van der Waals surface area contributed by atoms with Crippen LogP contribution in [0.25, 0.3) is 0 Å². The molecule has 19 heavy (non-hydrogen) atoms. The summed E-state index contributed by atoms with van der Waals surface area (Å²) in [5, 5.41) is 4.30. The number of rotatable bonds is 4. The summed E-state index contributed by atoms with van der Waals surface area (Å²) in [6, 6.07) is 6.61. The number of hydrogen-bond donors (Lipinski definition) is 1. The van der Waals surface area contributed by atoms with Crippen LogP contribution >= 0.6 is 27.5 Å². The number of nitrogens with one attached hydrogen (secondary N) is 1. The number of hydrogen-bond acceptors (Lipinski definition) is 2. The van der Waals surface area contributed by atoms with Gasteiger partial charge in [-0.15, -0.1) is 0 Å². The summed E-state index contributed by atoms with van der Waals surface area (Å²) in [4.78, 5) is 2.57. The van der Waals surface area contributed by atoms with E-state index in [0.717, 1.165) is 42.1 Å². The van der Waals surface area contributed by atoms with Crippen LogP contribution in [-0.2, 0) is 0 Å². The Labute approximate surface area is 129 Å². The molecule has 1 fully saturated rings. The van der Waals surface area contributed by atoms with Gasteiger partial charge in [0.1, 0.15) is 0 Å². The van der Waals surface area contributed by atoms with Crippen molar-refractivity contribution in [2.24, 2.45) is 5.92 Å². The molecule has 106 valence electrons. The van der Waals surface area contributed by atoms with Gasteiger partial charge in [-0.3, -0.25) is 4.90 Å². The van der Waals surface area contributed by atoms with Crippen molar-refractivity contribution in [2.45, 2.75) is 26.3 Å². The Morgan fingerprint density at radius 3 is 2.68 bits per heavy atom. The summed E-state index contributed by atoms with van der Waals surface area (Å²) >= 11 is 10.0. The molecule has 0 aromatic heterocycles. The lowest BCUT2D eigenvalue weighted by atomic mass is 9.90. The number of benzene rings is 1. The number of piperazine rings is 1. The topological polar surface area (TPSA) is 15.3 Å². The molecule has 1 N–H and O–H groups in total. The van der Waals surface area contributed by atoms with Crippen LogP contribution in [0.3, 0.4) is 0 Å². The molecule has 1 heterocycles. The first-order chi connectivity index (χ1) is 9.13. The highest BCUT2D eigenvalue weighted by atomic mass is 79.9. The van der Waals surface area contributed by atoms with Gasteiger partial charge in [0, 0.05) is 41.7 Å². The zero-order chi connectivity index (χ0) is 13.8. The second kappa shape index (κ2) is 7.07. The fraction of sp³-hybridized carbons (Fsp3) is 0.600. The Hall–Kier alpha value is -0.0900. The van der Waals surface area contributed by atoms with Gasteiger partial charge < -0.3 is 5.32 Å². The van der Waals surface area contributed by atoms with Crippen LogP contribution in [0.5, 0.6) is 0 Å². The van der Waals surface area contributed by atoms with Gasteiger partial charge in [0.25, 0.3) is 0 Å². The first-order valence-corrected chi connectivity index (χ1v) is 8.20. The third-order valence-corrected chi connectivity index (χ3v) is 4.84. The summed E-state index contributed by atoms with van der Waals surface area (Å²) < 4.78 is 1.11. The molecule has 2 nitrogen and oxygen atoms in total. The van der Waals surface area contributed by atoms with E-state index in [4.69, 9.17) is 11.6 Å². The zero-order valence-corrected chi connectivity index (χ0v) is 14.0. The quantitative estimate of drug-likeness (QED) is 0.884. The van der Waals surface area contributed by atoms with E-state index in [1.54, 1.807) is 0 Å². The van der Waals surface area contributed by atoms with E-state index < -0.39 is 0 Å². The summed E-state index contributed by atoms with van der Waals surface area (Å²) in [6.45, 7) is 8.91. The highest BCUT2D eigenvalue weighted by Crippen LogP contribution is 2.36. The minimum Gasteiger partial charge on any atom is -0.314 e. The molecule has 4 heteroatoms. The van der Waals surface area contributed by atoms with Crippen LogP contribution in [0.4, 0.5) is 0 Å². The van der Waals surface area contributed by atoms with Crippen LogP contribution < -0.4 is 5.32 Å². The van der Waals surface area contributed by atoms with Crippen LogP contribution in [0.2, 0.25) is 5.02 Å². The molecular formula is C15H22BrClN2. The third-order valence-electron chi connectivity index (χ3n) is 4.00. The van der Waals surface area contributed by atoms with E-state index >= 15 is 0 Å². The molecule has 2 atom stereocenters. The van der Waals surface area contributed by atoms with Gasteiger partial charge in [-0.1, -0.05) is 47.8 Å². The van der Waals surface area contributed by atoms with Crippen molar-refractivity contribution in [3.8, 4) is 0 Å². The maximum atomic E-state index is 6.45. The smallest absolute Gasteiger partial charge is 0.0454 e. The van der Waals surface area contributed by atoms with Gasteiger partial charge in [-0.25, -0.2) is 0 Å². The Balaban J connectivity index is 2.33. The van der Waals surface area contributed by atoms with Gasteiger partial charge in [0.15, 0.2) is 0 Å². The molecule has 0 aliphatic carbocycles. The molecule has 1 aromatic rings. The van der Waals surface area contributed by atoms with Crippen molar-refractivity contribution in [1.82, 2.24) is 10.2 Å². The normalized spacial score (nSPS) is 20.2. The van der Waals surface area contributed by atoms with Crippen LogP contribution in [0.15, 0.2) is 22.7 Å². The van der Waals surface area contributed by atoms with Crippen LogP contribution in [0.1, 0.15) is 31.9 Å². The van der Waals surface area contributed by atoms with E-state index in [-0.39, 0.29) is 0 Å². The lowest BCUT2D eigenvalue weighted by Gasteiger charge is -2.39. The molecule has 0 amide bonds. The van der Waals surface area contributed by atoms with E-state index in [1.807, 2.05) is 12.1 Å². The average molecular weight is 346 g/mol. The summed E-state index contributed by atoms with van der Waals surface area (Å²) in [5.41, 5.74) is 1.26. The third kappa shape index (κ3) is 3.72. The maximum absolute atomic E-state index is 6.45. The molecule has 2 rings (SSSR count). The largest absolute Gasteiger partial charge is 0.314 e. The van der Waals surface area contributed by atoms with Crippen molar-refractivity contribution in [2.75, 3.05) is 26.2 Å². The van der Waals surface area contributed by atoms with Gasteiger partial charge in [-0.05, 0) is 29.7 Å². The van der Waals surface area contributed by atoms with Crippen molar-refractivity contribution in [3.63, 3.8) is 0 Å². The van der Waals surface area contributed by atoms with Gasteiger partial charge in [0.05, 0.1) is 0 Å². The van der Waals surface area contributed by atoms with Gasteiger partial charge in [0.2, 0.25) is 0 Å². The summed E-state index contributed by atoms with van der Waals surface area (Å²) in [5.74, 6) is 0.602. The fourth-order valence-electron chi connectivity index (χ4n) is 2.79. The van der Waals surface area contributed by atoms with E-state index in [0.29, 0.717) is 12.0 Å². The van der Waals surface area contributed by atoms with Crippen molar-refractivity contribution in [3.05, 3.63) is 33.3 Å². The lowest BCUT2D eigenvalue weighted by molar-refractivity contribution is 0.128. The molecule has 1 unspecified atom stereocenters. The molecule has 0 spiro atoms. The summed E-state index contributed by atoms with van der Waals surface area (Å²) in [7, 11) is 0. The van der Waals surface area contributed by atoms with Crippen molar-refractivity contribution in [1.29, 1.82) is 0 Å². The standard InChI is InChI=1S/C15H22BrClN2/c1-3-11(2)15(19-8-6-18-7-9-19)13-10-12(16)4-5-14(13)17/h4-5,10-11,15,18H,3,6-9H2,1-2H3/t11?,15-/m0/s1. The second-order valence-electron chi connectivity index (χ2n) is 5.28. The molecule has 1 aliphatic heterocycles. The first-order valence-electron chi connectivity index (χ1n) is 7.03. The van der Waals surface area contributed by atoms with Gasteiger partial charge in [-0.2, -0.15) is 0 Å². The Bertz CT molecular complexity index is 419. The SMILES string of the molecule is CCC(C)[C@@H](c1cc(Br)ccc1Cl)N1CCNCC1. The Morgan fingerprint density at radius 1 is 1.37 bits per heavy atom. The minimum atomic E-state index is 0.414. The maximum Gasteiger partial charge on any atom is 0.0454 e. The van der Waals surface area contributed by atoms with Crippen LogP contribution in [0, 0.1) is 5.92 Å². The highest BCUT2D eigenvalue weighted by molar-refractivity contribution is 9.10. The average Bonchev–Trinajstić information content (AvgIpc) is 2.44. The Morgan fingerprint density at radius 2 is 2.05 bits per heavy atom. The number of halogens is 2. The predicted molar refractivity (Wildman–Crippen MR) is 85.8 cm³/mol. The number of nitrogens with zero attached hydrogens (tertiary/aromatic N) is 1. The van der Waals surface area contributed by atoms with Crippen LogP contribution in [-0.4, -0.2) is 31.1 Å².